The van der Waals surface area contributed by atoms with Gasteiger partial charge in [0.15, 0.2) is 10.9 Å². The van der Waals surface area contributed by atoms with E-state index in [1.165, 1.54) is 0 Å². The van der Waals surface area contributed by atoms with Crippen LogP contribution in [0.3, 0.4) is 0 Å². The van der Waals surface area contributed by atoms with Crippen molar-refractivity contribution >= 4 is 23.5 Å². The summed E-state index contributed by atoms with van der Waals surface area (Å²) in [7, 11) is 1.92. The number of ketones is 1. The smallest absolute Gasteiger partial charge is 0.220 e. The minimum absolute atomic E-state index is 0.0130. The Kier molecular flexibility index (Phi) is 5.77. The molecule has 22 heavy (non-hydrogen) atoms. The zero-order chi connectivity index (χ0) is 15.9. The molecule has 1 aromatic heterocycles. The standard InChI is InChI=1S/C16H19N3O2S/c1-19-13(11-18-16(19)22-2)10-17-15(21)9-8-14(20)12-6-4-3-5-7-12/h3-7,11H,8-10H2,1-2H3,(H,17,21). The lowest BCUT2D eigenvalue weighted by Gasteiger charge is -2.06. The van der Waals surface area contributed by atoms with Gasteiger partial charge >= 0.3 is 0 Å². The molecular weight excluding hydrogens is 298 g/mol. The number of benzene rings is 1. The van der Waals surface area contributed by atoms with E-state index >= 15 is 0 Å². The molecule has 0 aliphatic rings. The molecule has 1 heterocycles. The molecule has 0 aliphatic heterocycles. The molecule has 0 atom stereocenters. The highest BCUT2D eigenvalue weighted by Gasteiger charge is 2.10. The number of thioether (sulfide) groups is 1. The van der Waals surface area contributed by atoms with Crippen molar-refractivity contribution in [1.29, 1.82) is 0 Å². The van der Waals surface area contributed by atoms with Crippen molar-refractivity contribution in [2.24, 2.45) is 7.05 Å². The first-order chi connectivity index (χ1) is 10.6. The fourth-order valence-corrected chi connectivity index (χ4v) is 2.60. The Hall–Kier alpha value is -2.08. The minimum atomic E-state index is -0.129. The zero-order valence-electron chi connectivity index (χ0n) is 12.7. The van der Waals surface area contributed by atoms with Crippen LogP contribution in [0.2, 0.25) is 0 Å². The summed E-state index contributed by atoms with van der Waals surface area (Å²) in [6.07, 6.45) is 4.12. The van der Waals surface area contributed by atoms with Crippen LogP contribution in [0.15, 0.2) is 41.7 Å². The van der Waals surface area contributed by atoms with E-state index in [2.05, 4.69) is 10.3 Å². The number of nitrogens with one attached hydrogen (secondary N) is 1. The largest absolute Gasteiger partial charge is 0.350 e. The fourth-order valence-electron chi connectivity index (χ4n) is 2.05. The number of rotatable bonds is 7. The topological polar surface area (TPSA) is 64.0 Å². The molecule has 1 aromatic carbocycles. The van der Waals surface area contributed by atoms with E-state index in [-0.39, 0.29) is 24.5 Å². The Labute approximate surface area is 134 Å². The highest BCUT2D eigenvalue weighted by Crippen LogP contribution is 2.13. The summed E-state index contributed by atoms with van der Waals surface area (Å²) in [6.45, 7) is 0.419. The molecule has 0 unspecified atom stereocenters. The van der Waals surface area contributed by atoms with E-state index in [0.717, 1.165) is 10.9 Å². The molecule has 1 N–H and O–H groups in total. The monoisotopic (exact) mass is 317 g/mol. The number of nitrogens with zero attached hydrogens (tertiary/aromatic N) is 2. The second-order valence-electron chi connectivity index (χ2n) is 4.86. The Bertz CT molecular complexity index is 653. The molecule has 1 amide bonds. The summed E-state index contributed by atoms with van der Waals surface area (Å²) in [4.78, 5) is 28.0. The molecule has 5 nitrogen and oxygen atoms in total. The molecule has 0 saturated carbocycles. The molecule has 2 rings (SSSR count). The second kappa shape index (κ2) is 7.79. The van der Waals surface area contributed by atoms with Crippen molar-refractivity contribution in [3.05, 3.63) is 47.8 Å². The minimum Gasteiger partial charge on any atom is -0.350 e. The van der Waals surface area contributed by atoms with E-state index < -0.39 is 0 Å². The van der Waals surface area contributed by atoms with Gasteiger partial charge in [-0.3, -0.25) is 9.59 Å². The Morgan fingerprint density at radius 1 is 1.23 bits per heavy atom. The molecular formula is C16H19N3O2S. The highest BCUT2D eigenvalue weighted by molar-refractivity contribution is 7.98. The predicted octanol–water partition coefficient (Wildman–Crippen LogP) is 2.42. The van der Waals surface area contributed by atoms with Gasteiger partial charge < -0.3 is 9.88 Å². The van der Waals surface area contributed by atoms with E-state index in [9.17, 15) is 9.59 Å². The molecule has 116 valence electrons. The fraction of sp³-hybridized carbons (Fsp3) is 0.312. The van der Waals surface area contributed by atoms with Crippen LogP contribution in [0.25, 0.3) is 0 Å². The van der Waals surface area contributed by atoms with Crippen molar-refractivity contribution in [2.45, 2.75) is 24.5 Å². The van der Waals surface area contributed by atoms with Crippen molar-refractivity contribution in [1.82, 2.24) is 14.9 Å². The van der Waals surface area contributed by atoms with Crippen LogP contribution >= 0.6 is 11.8 Å². The third-order valence-corrected chi connectivity index (χ3v) is 4.11. The van der Waals surface area contributed by atoms with Gasteiger partial charge in [0.05, 0.1) is 18.4 Å². The molecule has 2 aromatic rings. The molecule has 0 bridgehead atoms. The van der Waals surface area contributed by atoms with Crippen LogP contribution < -0.4 is 5.32 Å². The second-order valence-corrected chi connectivity index (χ2v) is 5.63. The summed E-state index contributed by atoms with van der Waals surface area (Å²) >= 11 is 1.56. The molecule has 0 radical (unpaired) electrons. The van der Waals surface area contributed by atoms with Crippen molar-refractivity contribution in [3.8, 4) is 0 Å². The molecule has 0 spiro atoms. The summed E-state index contributed by atoms with van der Waals surface area (Å²) in [6, 6.07) is 9.03. The van der Waals surface area contributed by atoms with Crippen LogP contribution in [0.1, 0.15) is 28.9 Å². The average molecular weight is 317 g/mol. The maximum atomic E-state index is 11.9. The number of aromatic nitrogens is 2. The Balaban J connectivity index is 1.78. The number of hydrogen-bond donors (Lipinski definition) is 1. The lowest BCUT2D eigenvalue weighted by Crippen LogP contribution is -2.24. The van der Waals surface area contributed by atoms with Crippen molar-refractivity contribution < 1.29 is 9.59 Å². The number of amides is 1. The van der Waals surface area contributed by atoms with Crippen LogP contribution in [0.4, 0.5) is 0 Å². The predicted molar refractivity (Wildman–Crippen MR) is 86.8 cm³/mol. The van der Waals surface area contributed by atoms with Crippen LogP contribution in [-0.2, 0) is 18.4 Å². The Morgan fingerprint density at radius 3 is 2.59 bits per heavy atom. The maximum Gasteiger partial charge on any atom is 0.220 e. The number of imidazole rings is 1. The average Bonchev–Trinajstić information content (AvgIpc) is 2.91. The number of carbonyl (C=O) groups excluding carboxylic acids is 2. The van der Waals surface area contributed by atoms with Gasteiger partial charge in [0.1, 0.15) is 0 Å². The number of hydrogen-bond acceptors (Lipinski definition) is 4. The molecule has 0 aliphatic carbocycles. The zero-order valence-corrected chi connectivity index (χ0v) is 13.5. The van der Waals surface area contributed by atoms with E-state index in [1.54, 1.807) is 30.1 Å². The van der Waals surface area contributed by atoms with E-state index in [1.807, 2.05) is 36.1 Å². The molecule has 0 fully saturated rings. The third kappa shape index (κ3) is 4.21. The molecule has 0 saturated heterocycles. The number of carbonyl (C=O) groups is 2. The first-order valence-electron chi connectivity index (χ1n) is 7.01. The number of Topliss-reactive ketones (excluding diaryl/α,β-unsaturated/α-hetero) is 1. The van der Waals surface area contributed by atoms with Crippen LogP contribution in [-0.4, -0.2) is 27.5 Å². The normalized spacial score (nSPS) is 10.5. The quantitative estimate of drug-likeness (QED) is 0.629. The van der Waals surface area contributed by atoms with Crippen LogP contribution in [0, 0.1) is 0 Å². The summed E-state index contributed by atoms with van der Waals surface area (Å²) in [5.74, 6) is -0.142. The lowest BCUT2D eigenvalue weighted by molar-refractivity contribution is -0.121. The third-order valence-electron chi connectivity index (χ3n) is 3.37. The van der Waals surface area contributed by atoms with Gasteiger partial charge in [0, 0.05) is 25.5 Å². The first-order valence-corrected chi connectivity index (χ1v) is 8.24. The van der Waals surface area contributed by atoms with Crippen molar-refractivity contribution in [2.75, 3.05) is 6.26 Å². The van der Waals surface area contributed by atoms with Gasteiger partial charge in [-0.25, -0.2) is 4.98 Å². The van der Waals surface area contributed by atoms with Crippen LogP contribution in [0.5, 0.6) is 0 Å². The van der Waals surface area contributed by atoms with Gasteiger partial charge in [0.25, 0.3) is 0 Å². The van der Waals surface area contributed by atoms with Gasteiger partial charge in [-0.1, -0.05) is 42.1 Å². The SMILES string of the molecule is CSc1ncc(CNC(=O)CCC(=O)c2ccccc2)n1C. The maximum absolute atomic E-state index is 11.9. The highest BCUT2D eigenvalue weighted by atomic mass is 32.2. The van der Waals surface area contributed by atoms with Gasteiger partial charge in [-0.2, -0.15) is 0 Å². The van der Waals surface area contributed by atoms with Gasteiger partial charge in [0.2, 0.25) is 5.91 Å². The van der Waals surface area contributed by atoms with E-state index in [0.29, 0.717) is 12.1 Å². The van der Waals surface area contributed by atoms with Gasteiger partial charge in [-0.15, -0.1) is 0 Å². The molecule has 6 heteroatoms. The lowest BCUT2D eigenvalue weighted by atomic mass is 10.1. The first kappa shape index (κ1) is 16.3. The summed E-state index contributed by atoms with van der Waals surface area (Å²) < 4.78 is 1.94. The summed E-state index contributed by atoms with van der Waals surface area (Å²) in [5.41, 5.74) is 1.58. The van der Waals surface area contributed by atoms with Crippen molar-refractivity contribution in [3.63, 3.8) is 0 Å². The van der Waals surface area contributed by atoms with Gasteiger partial charge in [-0.05, 0) is 6.26 Å². The summed E-state index contributed by atoms with van der Waals surface area (Å²) in [5, 5.41) is 3.73. The Morgan fingerprint density at radius 2 is 1.95 bits per heavy atom. The van der Waals surface area contributed by atoms with E-state index in [4.69, 9.17) is 0 Å².